The monoisotopic (exact) mass is 546 g/mol. The van der Waals surface area contributed by atoms with Crippen LogP contribution in [0.1, 0.15) is 22.3 Å². The van der Waals surface area contributed by atoms with Crippen molar-refractivity contribution in [1.29, 1.82) is 0 Å². The number of hydrogen-bond acceptors (Lipinski definition) is 0. The first-order chi connectivity index (χ1) is 21.2. The molecule has 0 N–H and O–H groups in total. The van der Waals surface area contributed by atoms with E-state index in [4.69, 9.17) is 0 Å². The van der Waals surface area contributed by atoms with Gasteiger partial charge >= 0.3 is 0 Å². The van der Waals surface area contributed by atoms with E-state index in [9.17, 15) is 0 Å². The first-order valence-electron chi connectivity index (χ1n) is 15.3. The highest BCUT2D eigenvalue weighted by Crippen LogP contribution is 2.58. The second-order valence-electron chi connectivity index (χ2n) is 12.1. The lowest BCUT2D eigenvalue weighted by Crippen LogP contribution is -1.94. The van der Waals surface area contributed by atoms with E-state index in [-0.39, 0.29) is 0 Å². The van der Waals surface area contributed by atoms with E-state index in [2.05, 4.69) is 146 Å². The van der Waals surface area contributed by atoms with Crippen LogP contribution in [0.5, 0.6) is 0 Å². The van der Waals surface area contributed by atoms with Crippen LogP contribution in [0.15, 0.2) is 139 Å². The second kappa shape index (κ2) is 9.41. The average molecular weight is 547 g/mol. The molecule has 0 heterocycles. The predicted octanol–water partition coefficient (Wildman–Crippen LogP) is 11.5. The van der Waals surface area contributed by atoms with Crippen LogP contribution < -0.4 is 0 Å². The lowest BCUT2D eigenvalue weighted by molar-refractivity contribution is 1.19. The molecule has 0 heteroatoms. The molecule has 0 amide bonds. The van der Waals surface area contributed by atoms with Gasteiger partial charge in [-0.3, -0.25) is 0 Å². The van der Waals surface area contributed by atoms with Gasteiger partial charge < -0.3 is 0 Å². The second-order valence-corrected chi connectivity index (χ2v) is 12.1. The molecule has 0 unspecified atom stereocenters. The van der Waals surface area contributed by atoms with Crippen LogP contribution in [0.2, 0.25) is 0 Å². The molecule has 0 aliphatic heterocycles. The zero-order chi connectivity index (χ0) is 28.5. The molecular formula is C43H30. The van der Waals surface area contributed by atoms with Gasteiger partial charge in [-0.25, -0.2) is 0 Å². The van der Waals surface area contributed by atoms with Crippen molar-refractivity contribution in [3.05, 3.63) is 161 Å². The fourth-order valence-corrected chi connectivity index (χ4v) is 7.70. The van der Waals surface area contributed by atoms with Gasteiger partial charge in [0, 0.05) is 0 Å². The summed E-state index contributed by atoms with van der Waals surface area (Å²) in [5.74, 6) is 0. The van der Waals surface area contributed by atoms with Crippen LogP contribution in [0.3, 0.4) is 0 Å². The van der Waals surface area contributed by atoms with Gasteiger partial charge in [-0.15, -0.1) is 0 Å². The maximum Gasteiger partial charge on any atom is -0.000741 e. The van der Waals surface area contributed by atoms with E-state index in [1.807, 2.05) is 0 Å². The van der Waals surface area contributed by atoms with E-state index >= 15 is 0 Å². The van der Waals surface area contributed by atoms with Crippen LogP contribution in [0.25, 0.3) is 72.1 Å². The van der Waals surface area contributed by atoms with E-state index in [1.165, 1.54) is 93.9 Å². The smallest absolute Gasteiger partial charge is 0.000741 e. The van der Waals surface area contributed by atoms with Crippen molar-refractivity contribution in [1.82, 2.24) is 0 Å². The third-order valence-electron chi connectivity index (χ3n) is 9.58. The van der Waals surface area contributed by atoms with E-state index in [0.717, 1.165) is 12.8 Å². The molecule has 0 aromatic heterocycles. The van der Waals surface area contributed by atoms with Gasteiger partial charge in [-0.05, 0) is 114 Å². The molecule has 43 heavy (non-hydrogen) atoms. The Labute approximate surface area is 252 Å². The summed E-state index contributed by atoms with van der Waals surface area (Å²) in [4.78, 5) is 0. The normalized spacial score (nSPS) is 13.0. The first-order valence-corrected chi connectivity index (χ1v) is 15.3. The van der Waals surface area contributed by atoms with Crippen molar-refractivity contribution in [2.45, 2.75) is 19.8 Å². The summed E-state index contributed by atoms with van der Waals surface area (Å²) in [7, 11) is 0. The van der Waals surface area contributed by atoms with Crippen molar-refractivity contribution in [2.24, 2.45) is 0 Å². The molecule has 7 aromatic rings. The summed E-state index contributed by atoms with van der Waals surface area (Å²) >= 11 is 0. The van der Waals surface area contributed by atoms with Crippen LogP contribution >= 0.6 is 0 Å². The van der Waals surface area contributed by atoms with Gasteiger partial charge in [0.1, 0.15) is 0 Å². The Hall–Kier alpha value is -5.20. The van der Waals surface area contributed by atoms with Crippen LogP contribution in [0.4, 0.5) is 0 Å². The minimum Gasteiger partial charge on any atom is -0.0622 e. The molecule has 2 aliphatic carbocycles. The maximum absolute atomic E-state index is 2.45. The van der Waals surface area contributed by atoms with E-state index in [0.29, 0.717) is 0 Å². The lowest BCUT2D eigenvalue weighted by Gasteiger charge is -2.21. The number of aryl methyl sites for hydroxylation is 1. The van der Waals surface area contributed by atoms with Gasteiger partial charge in [0.2, 0.25) is 0 Å². The standard InChI is InChI=1S/C43H30/c1-27-19-21-37-41-34(27)17-10-18-36(41)42-40(31-13-6-3-7-14-31)38-26-28(23-29-24-32-15-8-9-16-33(32)25-29)20-22-35(38)39(43(37)42)30-11-4-2-5-12-30/h2-23,26H,24-25H2,1H3. The fourth-order valence-electron chi connectivity index (χ4n) is 7.70. The zero-order valence-corrected chi connectivity index (χ0v) is 24.2. The van der Waals surface area contributed by atoms with Gasteiger partial charge in [0.05, 0.1) is 0 Å². The van der Waals surface area contributed by atoms with Crippen LogP contribution in [-0.2, 0) is 12.8 Å². The molecule has 0 nitrogen and oxygen atoms in total. The molecule has 0 fully saturated rings. The molecule has 2 aliphatic rings. The minimum absolute atomic E-state index is 1.04. The number of rotatable bonds is 3. The number of benzene rings is 7. The molecule has 0 bridgehead atoms. The summed E-state index contributed by atoms with van der Waals surface area (Å²) < 4.78 is 0. The number of fused-ring (bicyclic) bond motifs is 5. The molecule has 0 spiro atoms. The molecule has 0 atom stereocenters. The molecule has 0 radical (unpaired) electrons. The average Bonchev–Trinajstić information content (AvgIpc) is 3.61. The number of allylic oxidation sites excluding steroid dienone is 1. The van der Waals surface area contributed by atoms with Gasteiger partial charge in [-0.2, -0.15) is 0 Å². The summed E-state index contributed by atoms with van der Waals surface area (Å²) in [6.45, 7) is 2.24. The highest BCUT2D eigenvalue weighted by molar-refractivity contribution is 6.27. The van der Waals surface area contributed by atoms with Crippen LogP contribution in [-0.4, -0.2) is 0 Å². The largest absolute Gasteiger partial charge is 0.0622 e. The molecule has 9 rings (SSSR count). The Morgan fingerprint density at radius 2 is 1.07 bits per heavy atom. The maximum atomic E-state index is 2.45. The van der Waals surface area contributed by atoms with Crippen molar-refractivity contribution in [2.75, 3.05) is 0 Å². The Bertz CT molecular complexity index is 2240. The topological polar surface area (TPSA) is 0 Å². The van der Waals surface area contributed by atoms with Gasteiger partial charge in [0.25, 0.3) is 0 Å². The minimum atomic E-state index is 1.04. The third-order valence-corrected chi connectivity index (χ3v) is 9.58. The molecule has 0 saturated heterocycles. The highest BCUT2D eigenvalue weighted by Gasteiger charge is 2.30. The quantitative estimate of drug-likeness (QED) is 0.207. The third kappa shape index (κ3) is 3.70. The molecule has 7 aromatic carbocycles. The molecule has 202 valence electrons. The van der Waals surface area contributed by atoms with E-state index < -0.39 is 0 Å². The Balaban J connectivity index is 1.40. The summed E-state index contributed by atoms with van der Waals surface area (Å²) in [5.41, 5.74) is 17.6. The fraction of sp³-hybridized carbons (Fsp3) is 0.0698. The number of hydrogen-bond donors (Lipinski definition) is 0. The molecular weight excluding hydrogens is 516 g/mol. The first kappa shape index (κ1) is 24.4. The van der Waals surface area contributed by atoms with Crippen molar-refractivity contribution >= 4 is 27.6 Å². The Kier molecular flexibility index (Phi) is 5.34. The van der Waals surface area contributed by atoms with Gasteiger partial charge in [0.15, 0.2) is 0 Å². The Morgan fingerprint density at radius 1 is 0.465 bits per heavy atom. The van der Waals surface area contributed by atoms with Crippen LogP contribution in [0, 0.1) is 6.92 Å². The van der Waals surface area contributed by atoms with E-state index in [1.54, 1.807) is 0 Å². The predicted molar refractivity (Wildman–Crippen MR) is 183 cm³/mol. The zero-order valence-electron chi connectivity index (χ0n) is 24.2. The Morgan fingerprint density at radius 3 is 1.74 bits per heavy atom. The summed E-state index contributed by atoms with van der Waals surface area (Å²) in [6.07, 6.45) is 4.51. The summed E-state index contributed by atoms with van der Waals surface area (Å²) in [6, 6.07) is 49.6. The van der Waals surface area contributed by atoms with Crippen molar-refractivity contribution < 1.29 is 0 Å². The van der Waals surface area contributed by atoms with Crippen molar-refractivity contribution in [3.8, 4) is 44.5 Å². The SMILES string of the molecule is Cc1ccc2c3c(cccc13)-c1c-2c(-c2ccccc2)c2ccc(C=C3Cc4ccccc4C3)cc2c1-c1ccccc1. The summed E-state index contributed by atoms with van der Waals surface area (Å²) in [5, 5.41) is 5.35. The van der Waals surface area contributed by atoms with Gasteiger partial charge in [-0.1, -0.05) is 139 Å². The molecule has 0 saturated carbocycles. The van der Waals surface area contributed by atoms with Crippen molar-refractivity contribution in [3.63, 3.8) is 0 Å². The highest BCUT2D eigenvalue weighted by atomic mass is 14.3. The lowest BCUT2D eigenvalue weighted by atomic mass is 9.82.